The van der Waals surface area contributed by atoms with Gasteiger partial charge in [0.05, 0.1) is 0 Å². The average Bonchev–Trinajstić information content (AvgIpc) is 2.17. The Balaban J connectivity index is 5.26. The van der Waals surface area contributed by atoms with Crippen molar-refractivity contribution in [1.29, 1.82) is 0 Å². The van der Waals surface area contributed by atoms with E-state index in [1.165, 1.54) is 0 Å². The van der Waals surface area contributed by atoms with Gasteiger partial charge in [0.15, 0.2) is 0 Å². The highest BCUT2D eigenvalue weighted by Gasteiger charge is 2.06. The minimum Gasteiger partial charge on any atom is -0.404 e. The molecule has 2 heteroatoms. The SMILES string of the molecule is C=CC(/C(/C=C\C)=C\N)=C(/N)C(C)C. The van der Waals surface area contributed by atoms with Crippen molar-refractivity contribution in [1.82, 2.24) is 0 Å². The molecule has 0 heterocycles. The van der Waals surface area contributed by atoms with Gasteiger partial charge in [0.25, 0.3) is 0 Å². The van der Waals surface area contributed by atoms with E-state index >= 15 is 0 Å². The number of hydrogen-bond acceptors (Lipinski definition) is 2. The van der Waals surface area contributed by atoms with Gasteiger partial charge in [-0.2, -0.15) is 0 Å². The van der Waals surface area contributed by atoms with E-state index in [2.05, 4.69) is 6.58 Å². The van der Waals surface area contributed by atoms with Crippen LogP contribution in [0.15, 0.2) is 47.9 Å². The van der Waals surface area contributed by atoms with E-state index in [-0.39, 0.29) is 0 Å². The highest BCUT2D eigenvalue weighted by molar-refractivity contribution is 5.47. The molecule has 14 heavy (non-hydrogen) atoms. The van der Waals surface area contributed by atoms with E-state index in [1.54, 1.807) is 12.3 Å². The molecule has 0 aromatic rings. The van der Waals surface area contributed by atoms with Crippen LogP contribution in [0, 0.1) is 5.92 Å². The monoisotopic (exact) mass is 192 g/mol. The molecule has 0 fully saturated rings. The summed E-state index contributed by atoms with van der Waals surface area (Å²) in [6, 6.07) is 0. The lowest BCUT2D eigenvalue weighted by Crippen LogP contribution is -2.09. The van der Waals surface area contributed by atoms with Crippen LogP contribution < -0.4 is 11.5 Å². The van der Waals surface area contributed by atoms with Gasteiger partial charge < -0.3 is 11.5 Å². The Hall–Kier alpha value is -1.44. The molecule has 0 saturated carbocycles. The van der Waals surface area contributed by atoms with Crippen LogP contribution >= 0.6 is 0 Å². The van der Waals surface area contributed by atoms with Gasteiger partial charge in [-0.25, -0.2) is 0 Å². The van der Waals surface area contributed by atoms with E-state index < -0.39 is 0 Å². The molecule has 0 rings (SSSR count). The summed E-state index contributed by atoms with van der Waals surface area (Å²) >= 11 is 0. The van der Waals surface area contributed by atoms with Crippen molar-refractivity contribution >= 4 is 0 Å². The van der Waals surface area contributed by atoms with Crippen molar-refractivity contribution in [2.45, 2.75) is 20.8 Å². The third-order valence-electron chi connectivity index (χ3n) is 1.97. The third kappa shape index (κ3) is 3.13. The maximum Gasteiger partial charge on any atom is 0.0186 e. The molecule has 0 bridgehead atoms. The summed E-state index contributed by atoms with van der Waals surface area (Å²) in [4.78, 5) is 0. The summed E-state index contributed by atoms with van der Waals surface area (Å²) in [5.74, 6) is 0.295. The Morgan fingerprint density at radius 3 is 2.21 bits per heavy atom. The van der Waals surface area contributed by atoms with Gasteiger partial charge in [0.1, 0.15) is 0 Å². The maximum atomic E-state index is 5.96. The van der Waals surface area contributed by atoms with Crippen molar-refractivity contribution in [3.05, 3.63) is 47.9 Å². The predicted octanol–water partition coefficient (Wildman–Crippen LogP) is 2.46. The summed E-state index contributed by atoms with van der Waals surface area (Å²) in [7, 11) is 0. The standard InChI is InChI=1S/C12H20N2/c1-5-7-10(8-13)11(6-2)12(14)9(3)4/h5-9H,2,13-14H2,1,3-4H3/b7-5-,10-8-,12-11-. The molecular weight excluding hydrogens is 172 g/mol. The zero-order valence-electron chi connectivity index (χ0n) is 9.25. The molecule has 78 valence electrons. The molecule has 0 radical (unpaired) electrons. The van der Waals surface area contributed by atoms with Crippen molar-refractivity contribution in [3.63, 3.8) is 0 Å². The molecule has 0 saturated heterocycles. The second kappa shape index (κ2) is 6.08. The van der Waals surface area contributed by atoms with Gasteiger partial charge in [-0.15, -0.1) is 0 Å². The van der Waals surface area contributed by atoms with Crippen LogP contribution in [0.5, 0.6) is 0 Å². The quantitative estimate of drug-likeness (QED) is 0.672. The lowest BCUT2D eigenvalue weighted by molar-refractivity contribution is 0.750. The van der Waals surface area contributed by atoms with Gasteiger partial charge >= 0.3 is 0 Å². The predicted molar refractivity (Wildman–Crippen MR) is 63.3 cm³/mol. The van der Waals surface area contributed by atoms with Crippen LogP contribution in [0.1, 0.15) is 20.8 Å². The Kier molecular flexibility index (Phi) is 5.46. The normalized spacial score (nSPS) is 14.7. The van der Waals surface area contributed by atoms with Crippen LogP contribution in [0.2, 0.25) is 0 Å². The smallest absolute Gasteiger partial charge is 0.0186 e. The van der Waals surface area contributed by atoms with Crippen molar-refractivity contribution in [3.8, 4) is 0 Å². The van der Waals surface area contributed by atoms with E-state index in [0.717, 1.165) is 16.8 Å². The van der Waals surface area contributed by atoms with Crippen LogP contribution in [-0.4, -0.2) is 0 Å². The number of allylic oxidation sites excluding steroid dienone is 6. The first kappa shape index (κ1) is 12.6. The van der Waals surface area contributed by atoms with Gasteiger partial charge in [-0.1, -0.05) is 38.7 Å². The Labute approximate surface area is 86.7 Å². The molecule has 0 aliphatic rings. The Bertz CT molecular complexity index is 281. The minimum absolute atomic E-state index is 0.295. The molecule has 4 N–H and O–H groups in total. The minimum atomic E-state index is 0.295. The lowest BCUT2D eigenvalue weighted by Gasteiger charge is -2.12. The van der Waals surface area contributed by atoms with E-state index in [1.807, 2.05) is 32.9 Å². The van der Waals surface area contributed by atoms with Gasteiger partial charge in [0.2, 0.25) is 0 Å². The molecule has 0 atom stereocenters. The zero-order valence-corrected chi connectivity index (χ0v) is 9.25. The first-order chi connectivity index (χ1) is 6.58. The summed E-state index contributed by atoms with van der Waals surface area (Å²) in [5.41, 5.74) is 14.1. The van der Waals surface area contributed by atoms with Crippen LogP contribution in [0.25, 0.3) is 0 Å². The summed E-state index contributed by atoms with van der Waals surface area (Å²) in [5, 5.41) is 0. The molecule has 0 unspecified atom stereocenters. The molecule has 2 nitrogen and oxygen atoms in total. The zero-order chi connectivity index (χ0) is 11.1. The molecule has 0 aliphatic heterocycles. The van der Waals surface area contributed by atoms with Crippen molar-refractivity contribution in [2.24, 2.45) is 17.4 Å². The van der Waals surface area contributed by atoms with E-state index in [9.17, 15) is 0 Å². The fourth-order valence-corrected chi connectivity index (χ4v) is 1.13. The fourth-order valence-electron chi connectivity index (χ4n) is 1.13. The largest absolute Gasteiger partial charge is 0.404 e. The Morgan fingerprint density at radius 1 is 1.36 bits per heavy atom. The summed E-state index contributed by atoms with van der Waals surface area (Å²) in [6.45, 7) is 9.78. The van der Waals surface area contributed by atoms with Crippen molar-refractivity contribution in [2.75, 3.05) is 0 Å². The van der Waals surface area contributed by atoms with Crippen LogP contribution in [0.3, 0.4) is 0 Å². The Morgan fingerprint density at radius 2 is 1.93 bits per heavy atom. The summed E-state index contributed by atoms with van der Waals surface area (Å²) in [6.07, 6.45) is 7.14. The first-order valence-corrected chi connectivity index (χ1v) is 4.75. The van der Waals surface area contributed by atoms with Crippen LogP contribution in [-0.2, 0) is 0 Å². The van der Waals surface area contributed by atoms with E-state index in [4.69, 9.17) is 11.5 Å². The maximum absolute atomic E-state index is 5.96. The average molecular weight is 192 g/mol. The fraction of sp³-hybridized carbons (Fsp3) is 0.333. The third-order valence-corrected chi connectivity index (χ3v) is 1.97. The highest BCUT2D eigenvalue weighted by atomic mass is 14.6. The molecule has 0 aromatic carbocycles. The van der Waals surface area contributed by atoms with Gasteiger partial charge in [-0.05, 0) is 18.4 Å². The van der Waals surface area contributed by atoms with Crippen LogP contribution in [0.4, 0.5) is 0 Å². The highest BCUT2D eigenvalue weighted by Crippen LogP contribution is 2.18. The number of nitrogens with two attached hydrogens (primary N) is 2. The van der Waals surface area contributed by atoms with Gasteiger partial charge in [-0.3, -0.25) is 0 Å². The molecule has 0 amide bonds. The molecule has 0 aliphatic carbocycles. The van der Waals surface area contributed by atoms with Crippen molar-refractivity contribution < 1.29 is 0 Å². The second-order valence-electron chi connectivity index (χ2n) is 3.35. The summed E-state index contributed by atoms with van der Waals surface area (Å²) < 4.78 is 0. The van der Waals surface area contributed by atoms with Gasteiger partial charge in [0, 0.05) is 17.5 Å². The topological polar surface area (TPSA) is 52.0 Å². The molecule has 0 aromatic heterocycles. The molecular formula is C12H20N2. The first-order valence-electron chi connectivity index (χ1n) is 4.75. The number of hydrogen-bond donors (Lipinski definition) is 2. The molecule has 0 spiro atoms. The second-order valence-corrected chi connectivity index (χ2v) is 3.35. The lowest BCUT2D eigenvalue weighted by atomic mass is 9.98. The number of rotatable bonds is 4. The van der Waals surface area contributed by atoms with E-state index in [0.29, 0.717) is 5.92 Å².